The quantitative estimate of drug-likeness (QED) is 0.498. The molecule has 2 amide bonds. The van der Waals surface area contributed by atoms with Crippen molar-refractivity contribution < 1.29 is 33.4 Å². The number of aliphatic hydroxyl groups is 1. The number of likely N-dealkylation sites (tertiary alicyclic amines) is 1. The van der Waals surface area contributed by atoms with E-state index in [9.17, 15) is 19.5 Å². The summed E-state index contributed by atoms with van der Waals surface area (Å²) in [5.41, 5.74) is 0.759. The summed E-state index contributed by atoms with van der Waals surface area (Å²) in [6.07, 6.45) is 2.10. The molecule has 1 aromatic carbocycles. The summed E-state index contributed by atoms with van der Waals surface area (Å²) in [5.74, 6) is -1.43. The predicted octanol–water partition coefficient (Wildman–Crippen LogP) is 4.04. The predicted molar refractivity (Wildman–Crippen MR) is 132 cm³/mol. The van der Waals surface area contributed by atoms with Gasteiger partial charge in [-0.15, -0.1) is 0 Å². The molecule has 10 heteroatoms. The summed E-state index contributed by atoms with van der Waals surface area (Å²) in [7, 11) is 1.50. The number of nitrogens with zero attached hydrogens (tertiary/aromatic N) is 3. The SMILES string of the molecule is CCOC(=O)N1CCC(N2C(=O)C(O)=C(C(=O)c3cc4cccc(OC)c4o3)C2c2ccccn2)CC1. The molecule has 10 nitrogen and oxygen atoms in total. The van der Waals surface area contributed by atoms with E-state index >= 15 is 0 Å². The molecule has 1 unspecified atom stereocenters. The molecule has 2 aromatic heterocycles. The average Bonchev–Trinajstić information content (AvgIpc) is 3.48. The van der Waals surface area contributed by atoms with Gasteiger partial charge in [-0.1, -0.05) is 18.2 Å². The van der Waals surface area contributed by atoms with Crippen molar-refractivity contribution in [1.82, 2.24) is 14.8 Å². The van der Waals surface area contributed by atoms with Crippen LogP contribution in [0.15, 0.2) is 64.4 Å². The van der Waals surface area contributed by atoms with Crippen LogP contribution in [-0.2, 0) is 9.53 Å². The molecule has 1 atom stereocenters. The Morgan fingerprint density at radius 1 is 1.16 bits per heavy atom. The number of methoxy groups -OCH3 is 1. The molecular formula is C27H27N3O7. The zero-order valence-corrected chi connectivity index (χ0v) is 20.5. The van der Waals surface area contributed by atoms with Crippen LogP contribution in [-0.4, -0.2) is 70.5 Å². The van der Waals surface area contributed by atoms with E-state index in [2.05, 4.69) is 4.98 Å². The number of furan rings is 1. The standard InChI is InChI=1S/C27H27N3O7/c1-3-36-27(34)29-13-10-17(11-14-29)30-22(18-8-4-5-12-28-18)21(24(32)26(30)33)23(31)20-15-16-7-6-9-19(35-2)25(16)37-20/h4-9,12,15,17,22,32H,3,10-11,13-14H2,1-2H3. The van der Waals surface area contributed by atoms with Crippen LogP contribution in [0.5, 0.6) is 5.75 Å². The van der Waals surface area contributed by atoms with Crippen molar-refractivity contribution >= 4 is 28.8 Å². The van der Waals surface area contributed by atoms with Crippen molar-refractivity contribution in [3.8, 4) is 5.75 Å². The molecule has 0 bridgehead atoms. The molecule has 3 aromatic rings. The maximum Gasteiger partial charge on any atom is 0.409 e. The van der Waals surface area contributed by atoms with Gasteiger partial charge in [0.05, 0.1) is 25.0 Å². The van der Waals surface area contributed by atoms with Gasteiger partial charge in [-0.05, 0) is 44.0 Å². The van der Waals surface area contributed by atoms with Gasteiger partial charge in [-0.3, -0.25) is 14.6 Å². The number of benzene rings is 1. The smallest absolute Gasteiger partial charge is 0.409 e. The second-order valence-electron chi connectivity index (χ2n) is 8.87. The highest BCUT2D eigenvalue weighted by molar-refractivity contribution is 6.16. The van der Waals surface area contributed by atoms with Gasteiger partial charge in [-0.2, -0.15) is 0 Å². The summed E-state index contributed by atoms with van der Waals surface area (Å²) >= 11 is 0. The lowest BCUT2D eigenvalue weighted by Crippen LogP contribution is -2.48. The molecule has 2 aliphatic heterocycles. The molecule has 2 aliphatic rings. The van der Waals surface area contributed by atoms with Gasteiger partial charge >= 0.3 is 6.09 Å². The van der Waals surface area contributed by atoms with Crippen LogP contribution >= 0.6 is 0 Å². The molecule has 0 saturated carbocycles. The van der Waals surface area contributed by atoms with Crippen molar-refractivity contribution in [1.29, 1.82) is 0 Å². The number of para-hydroxylation sites is 1. The number of carbonyl (C=O) groups is 3. The number of carbonyl (C=O) groups excluding carboxylic acids is 3. The number of aliphatic hydroxyl groups excluding tert-OH is 1. The molecule has 1 fully saturated rings. The van der Waals surface area contributed by atoms with Crippen molar-refractivity contribution in [3.05, 3.63) is 71.4 Å². The highest BCUT2D eigenvalue weighted by Gasteiger charge is 2.48. The van der Waals surface area contributed by atoms with E-state index < -0.39 is 29.6 Å². The van der Waals surface area contributed by atoms with E-state index in [1.54, 1.807) is 60.5 Å². The summed E-state index contributed by atoms with van der Waals surface area (Å²) in [6.45, 7) is 2.80. The Hall–Kier alpha value is -4.34. The first kappa shape index (κ1) is 24.4. The fourth-order valence-electron chi connectivity index (χ4n) is 5.04. The maximum atomic E-state index is 13.8. The number of piperidine rings is 1. The van der Waals surface area contributed by atoms with Gasteiger partial charge in [0, 0.05) is 30.7 Å². The molecule has 192 valence electrons. The fourth-order valence-corrected chi connectivity index (χ4v) is 5.04. The summed E-state index contributed by atoms with van der Waals surface area (Å²) in [6, 6.07) is 10.8. The third-order valence-electron chi connectivity index (χ3n) is 6.79. The molecule has 1 saturated heterocycles. The Morgan fingerprint density at radius 3 is 2.62 bits per heavy atom. The first-order valence-corrected chi connectivity index (χ1v) is 12.1. The lowest BCUT2D eigenvalue weighted by atomic mass is 9.95. The van der Waals surface area contributed by atoms with Crippen molar-refractivity contribution in [2.24, 2.45) is 0 Å². The van der Waals surface area contributed by atoms with Gasteiger partial charge < -0.3 is 28.8 Å². The number of Topliss-reactive ketones (excluding diaryl/α,β-unsaturated/α-hetero) is 1. The number of rotatable bonds is 6. The zero-order valence-electron chi connectivity index (χ0n) is 20.5. The molecule has 0 spiro atoms. The van der Waals surface area contributed by atoms with Gasteiger partial charge in [-0.25, -0.2) is 4.79 Å². The highest BCUT2D eigenvalue weighted by Crippen LogP contribution is 2.42. The van der Waals surface area contributed by atoms with Gasteiger partial charge in [0.1, 0.15) is 6.04 Å². The Labute approximate surface area is 213 Å². The second-order valence-corrected chi connectivity index (χ2v) is 8.87. The van der Waals surface area contributed by atoms with E-state index in [0.717, 1.165) is 0 Å². The minimum absolute atomic E-state index is 0.0197. The molecule has 1 N–H and O–H groups in total. The third kappa shape index (κ3) is 4.28. The van der Waals surface area contributed by atoms with E-state index in [1.807, 2.05) is 0 Å². The van der Waals surface area contributed by atoms with E-state index in [-0.39, 0.29) is 24.0 Å². The van der Waals surface area contributed by atoms with E-state index in [4.69, 9.17) is 13.9 Å². The summed E-state index contributed by atoms with van der Waals surface area (Å²) in [4.78, 5) is 46.8. The van der Waals surface area contributed by atoms with Crippen LogP contribution in [0.3, 0.4) is 0 Å². The number of aromatic nitrogens is 1. The Balaban J connectivity index is 1.50. The van der Waals surface area contributed by atoms with Crippen molar-refractivity contribution in [2.45, 2.75) is 31.8 Å². The number of pyridine rings is 1. The first-order chi connectivity index (χ1) is 17.9. The lowest BCUT2D eigenvalue weighted by molar-refractivity contribution is -0.132. The van der Waals surface area contributed by atoms with Crippen LogP contribution in [0, 0.1) is 0 Å². The van der Waals surface area contributed by atoms with E-state index in [0.29, 0.717) is 48.3 Å². The molecule has 4 heterocycles. The van der Waals surface area contributed by atoms with Crippen LogP contribution in [0.1, 0.15) is 42.1 Å². The Kier molecular flexibility index (Phi) is 6.56. The Bertz CT molecular complexity index is 1370. The third-order valence-corrected chi connectivity index (χ3v) is 6.79. The number of ketones is 1. The minimum atomic E-state index is -0.907. The normalized spacial score (nSPS) is 18.5. The monoisotopic (exact) mass is 505 g/mol. The molecule has 5 rings (SSSR count). The van der Waals surface area contributed by atoms with Gasteiger partial charge in [0.25, 0.3) is 5.91 Å². The second kappa shape index (κ2) is 9.96. The van der Waals surface area contributed by atoms with Crippen LogP contribution in [0.25, 0.3) is 11.0 Å². The highest BCUT2D eigenvalue weighted by atomic mass is 16.6. The lowest BCUT2D eigenvalue weighted by Gasteiger charge is -2.39. The maximum absolute atomic E-state index is 13.8. The summed E-state index contributed by atoms with van der Waals surface area (Å²) in [5, 5.41) is 11.7. The van der Waals surface area contributed by atoms with Crippen molar-refractivity contribution in [2.75, 3.05) is 26.8 Å². The van der Waals surface area contributed by atoms with E-state index in [1.165, 1.54) is 12.0 Å². The number of hydrogen-bond donors (Lipinski definition) is 1. The topological polar surface area (TPSA) is 122 Å². The largest absolute Gasteiger partial charge is 0.503 e. The molecule has 0 aliphatic carbocycles. The average molecular weight is 506 g/mol. The molecule has 37 heavy (non-hydrogen) atoms. The molecular weight excluding hydrogens is 478 g/mol. The first-order valence-electron chi connectivity index (χ1n) is 12.1. The number of hydrogen-bond acceptors (Lipinski definition) is 8. The number of ether oxygens (including phenoxy) is 2. The Morgan fingerprint density at radius 2 is 1.95 bits per heavy atom. The fraction of sp³-hybridized carbons (Fsp3) is 0.333. The zero-order chi connectivity index (χ0) is 26.1. The number of fused-ring (bicyclic) bond motifs is 1. The van der Waals surface area contributed by atoms with Crippen LogP contribution < -0.4 is 4.74 Å². The van der Waals surface area contributed by atoms with Gasteiger partial charge in [0.2, 0.25) is 5.78 Å². The summed E-state index contributed by atoms with van der Waals surface area (Å²) < 4.78 is 16.3. The number of amides is 2. The minimum Gasteiger partial charge on any atom is -0.503 e. The molecule has 0 radical (unpaired) electrons. The van der Waals surface area contributed by atoms with Crippen LogP contribution in [0.4, 0.5) is 4.79 Å². The van der Waals surface area contributed by atoms with Gasteiger partial charge in [0.15, 0.2) is 22.9 Å². The van der Waals surface area contributed by atoms with Crippen LogP contribution in [0.2, 0.25) is 0 Å². The van der Waals surface area contributed by atoms with Crippen molar-refractivity contribution in [3.63, 3.8) is 0 Å².